The van der Waals surface area contributed by atoms with E-state index in [1.165, 1.54) is 5.56 Å². The predicted octanol–water partition coefficient (Wildman–Crippen LogP) is 2.36. The zero-order valence-electron chi connectivity index (χ0n) is 18.9. The second-order valence-corrected chi connectivity index (χ2v) is 8.42. The van der Waals surface area contributed by atoms with Crippen molar-refractivity contribution >= 4 is 17.8 Å². The van der Waals surface area contributed by atoms with Crippen molar-refractivity contribution in [2.24, 2.45) is 0 Å². The number of hydrogen-bond donors (Lipinski definition) is 2. The fraction of sp³-hybridized carbons (Fsp3) is 0.400. The molecule has 0 aliphatic carbocycles. The third-order valence-electron chi connectivity index (χ3n) is 6.23. The van der Waals surface area contributed by atoms with Crippen LogP contribution in [-0.2, 0) is 9.59 Å². The highest BCUT2D eigenvalue weighted by Gasteiger charge is 2.28. The number of piperidine rings is 1. The Labute approximate surface area is 194 Å². The third kappa shape index (κ3) is 6.87. The number of amides is 1. The van der Waals surface area contributed by atoms with Crippen LogP contribution in [0.3, 0.4) is 0 Å². The molecule has 8 heteroatoms. The van der Waals surface area contributed by atoms with Crippen LogP contribution in [0.4, 0.5) is 0 Å². The lowest BCUT2D eigenvalue weighted by atomic mass is 10.0. The Morgan fingerprint density at radius 2 is 1.24 bits per heavy atom. The van der Waals surface area contributed by atoms with Gasteiger partial charge in [-0.25, -0.2) is 9.59 Å². The van der Waals surface area contributed by atoms with E-state index in [2.05, 4.69) is 41.1 Å². The topological polar surface area (TPSA) is 101 Å². The van der Waals surface area contributed by atoms with Gasteiger partial charge in [0.1, 0.15) is 0 Å². The number of carbonyl (C=O) groups is 3. The van der Waals surface area contributed by atoms with Gasteiger partial charge in [-0.15, -0.1) is 0 Å². The highest BCUT2D eigenvalue weighted by molar-refractivity contribution is 6.27. The number of likely N-dealkylation sites (tertiary alicyclic amines) is 1. The second kappa shape index (κ2) is 11.6. The van der Waals surface area contributed by atoms with Gasteiger partial charge in [-0.3, -0.25) is 9.69 Å². The summed E-state index contributed by atoms with van der Waals surface area (Å²) in [6.07, 6.45) is 2.19. The molecule has 0 atom stereocenters. The minimum Gasteiger partial charge on any atom is -0.473 e. The lowest BCUT2D eigenvalue weighted by Crippen LogP contribution is -2.52. The smallest absolute Gasteiger partial charge is 0.414 e. The number of likely N-dealkylation sites (N-methyl/N-ethyl adjacent to an activating group) is 1. The standard InChI is InChI=1S/C23H29N3O.C2H2O4/c1-24-15-17-25(18-16-24)22-11-13-26(14-12-22)23(27)21-9-7-20(8-10-21)19-5-3-2-4-6-19;3-1(4)2(5)6/h2-10,22H,11-18H2,1H3;(H,3,4)(H,5,6). The number of rotatable bonds is 3. The Morgan fingerprint density at radius 1 is 0.727 bits per heavy atom. The van der Waals surface area contributed by atoms with Gasteiger partial charge in [0, 0.05) is 50.9 Å². The highest BCUT2D eigenvalue weighted by Crippen LogP contribution is 2.22. The molecule has 2 aliphatic heterocycles. The SMILES string of the molecule is CN1CCN(C2CCN(C(=O)c3ccc(-c4ccccc4)cc3)CC2)CC1.O=C(O)C(=O)O. The van der Waals surface area contributed by atoms with Crippen molar-refractivity contribution in [1.29, 1.82) is 0 Å². The fourth-order valence-electron chi connectivity index (χ4n) is 4.24. The Balaban J connectivity index is 0.000000454. The number of carboxylic acids is 2. The molecule has 1 amide bonds. The fourth-order valence-corrected chi connectivity index (χ4v) is 4.24. The van der Waals surface area contributed by atoms with E-state index in [0.717, 1.165) is 63.2 Å². The maximum atomic E-state index is 12.9. The molecule has 0 radical (unpaired) electrons. The molecular formula is C25H31N3O5. The minimum absolute atomic E-state index is 0.173. The molecular weight excluding hydrogens is 422 g/mol. The number of carbonyl (C=O) groups excluding carboxylic acids is 1. The van der Waals surface area contributed by atoms with Crippen molar-refractivity contribution in [1.82, 2.24) is 14.7 Å². The average molecular weight is 454 g/mol. The zero-order chi connectivity index (χ0) is 23.8. The molecule has 8 nitrogen and oxygen atoms in total. The second-order valence-electron chi connectivity index (χ2n) is 8.42. The molecule has 0 unspecified atom stereocenters. The number of nitrogens with zero attached hydrogens (tertiary/aromatic N) is 3. The largest absolute Gasteiger partial charge is 0.473 e. The van der Waals surface area contributed by atoms with E-state index in [1.807, 2.05) is 35.2 Å². The molecule has 2 saturated heterocycles. The molecule has 0 aromatic heterocycles. The average Bonchev–Trinajstić information content (AvgIpc) is 2.85. The Bertz CT molecular complexity index is 920. The van der Waals surface area contributed by atoms with Crippen LogP contribution in [0.2, 0.25) is 0 Å². The zero-order valence-corrected chi connectivity index (χ0v) is 18.9. The number of hydrogen-bond acceptors (Lipinski definition) is 5. The van der Waals surface area contributed by atoms with Crippen LogP contribution in [0, 0.1) is 0 Å². The molecule has 4 rings (SSSR count). The summed E-state index contributed by atoms with van der Waals surface area (Å²) < 4.78 is 0. The van der Waals surface area contributed by atoms with Crippen LogP contribution in [0.25, 0.3) is 11.1 Å². The van der Waals surface area contributed by atoms with Crippen molar-refractivity contribution in [3.63, 3.8) is 0 Å². The van der Waals surface area contributed by atoms with E-state index in [9.17, 15) is 4.79 Å². The molecule has 176 valence electrons. The van der Waals surface area contributed by atoms with Gasteiger partial charge in [-0.2, -0.15) is 0 Å². The molecule has 0 spiro atoms. The van der Waals surface area contributed by atoms with Crippen molar-refractivity contribution in [3.05, 3.63) is 60.2 Å². The number of aliphatic carboxylic acids is 2. The van der Waals surface area contributed by atoms with Gasteiger partial charge in [0.15, 0.2) is 0 Å². The van der Waals surface area contributed by atoms with Gasteiger partial charge >= 0.3 is 11.9 Å². The predicted molar refractivity (Wildman–Crippen MR) is 125 cm³/mol. The quantitative estimate of drug-likeness (QED) is 0.688. The number of benzene rings is 2. The summed E-state index contributed by atoms with van der Waals surface area (Å²) in [4.78, 5) is 38.1. The van der Waals surface area contributed by atoms with Gasteiger partial charge in [0.25, 0.3) is 5.91 Å². The molecule has 2 aliphatic rings. The minimum atomic E-state index is -1.82. The van der Waals surface area contributed by atoms with Crippen molar-refractivity contribution in [2.45, 2.75) is 18.9 Å². The lowest BCUT2D eigenvalue weighted by molar-refractivity contribution is -0.159. The third-order valence-corrected chi connectivity index (χ3v) is 6.23. The van der Waals surface area contributed by atoms with Crippen LogP contribution in [0.1, 0.15) is 23.2 Å². The molecule has 2 aromatic carbocycles. The van der Waals surface area contributed by atoms with Gasteiger partial charge in [-0.1, -0.05) is 42.5 Å². The Hall–Kier alpha value is -3.23. The first-order chi connectivity index (χ1) is 15.8. The van der Waals surface area contributed by atoms with Crippen molar-refractivity contribution < 1.29 is 24.6 Å². The molecule has 2 aromatic rings. The van der Waals surface area contributed by atoms with Crippen molar-refractivity contribution in [3.8, 4) is 11.1 Å². The van der Waals surface area contributed by atoms with Crippen LogP contribution >= 0.6 is 0 Å². The molecule has 2 fully saturated rings. The molecule has 2 N–H and O–H groups in total. The van der Waals surface area contributed by atoms with E-state index in [-0.39, 0.29) is 5.91 Å². The van der Waals surface area contributed by atoms with Crippen LogP contribution in [0.15, 0.2) is 54.6 Å². The first-order valence-electron chi connectivity index (χ1n) is 11.2. The summed E-state index contributed by atoms with van der Waals surface area (Å²) in [5.74, 6) is -3.48. The van der Waals surface area contributed by atoms with E-state index < -0.39 is 11.9 Å². The van der Waals surface area contributed by atoms with E-state index >= 15 is 0 Å². The summed E-state index contributed by atoms with van der Waals surface area (Å²) in [5.41, 5.74) is 3.14. The van der Waals surface area contributed by atoms with E-state index in [4.69, 9.17) is 19.8 Å². The van der Waals surface area contributed by atoms with E-state index in [1.54, 1.807) is 0 Å². The van der Waals surface area contributed by atoms with E-state index in [0.29, 0.717) is 6.04 Å². The first kappa shape index (κ1) is 24.4. The monoisotopic (exact) mass is 453 g/mol. The normalized spacial score (nSPS) is 17.7. The summed E-state index contributed by atoms with van der Waals surface area (Å²) in [7, 11) is 2.20. The van der Waals surface area contributed by atoms with Gasteiger partial charge < -0.3 is 20.0 Å². The summed E-state index contributed by atoms with van der Waals surface area (Å²) in [6.45, 7) is 6.39. The highest BCUT2D eigenvalue weighted by atomic mass is 16.4. The maximum absolute atomic E-state index is 12.9. The van der Waals surface area contributed by atoms with Gasteiger partial charge in [0.2, 0.25) is 0 Å². The summed E-state index contributed by atoms with van der Waals surface area (Å²) in [6, 6.07) is 19.0. The lowest BCUT2D eigenvalue weighted by Gasteiger charge is -2.42. The van der Waals surface area contributed by atoms with Gasteiger partial charge in [0.05, 0.1) is 0 Å². The molecule has 2 heterocycles. The van der Waals surface area contributed by atoms with Crippen LogP contribution < -0.4 is 0 Å². The number of carboxylic acid groups (broad SMARTS) is 2. The van der Waals surface area contributed by atoms with Gasteiger partial charge in [-0.05, 0) is 43.1 Å². The molecule has 33 heavy (non-hydrogen) atoms. The Morgan fingerprint density at radius 3 is 1.76 bits per heavy atom. The van der Waals surface area contributed by atoms with Crippen LogP contribution in [0.5, 0.6) is 0 Å². The maximum Gasteiger partial charge on any atom is 0.414 e. The molecule has 0 bridgehead atoms. The number of piperazine rings is 1. The summed E-state index contributed by atoms with van der Waals surface area (Å²) >= 11 is 0. The summed E-state index contributed by atoms with van der Waals surface area (Å²) in [5, 5.41) is 14.8. The Kier molecular flexibility index (Phi) is 8.57. The molecule has 0 saturated carbocycles. The van der Waals surface area contributed by atoms with Crippen LogP contribution in [-0.4, -0.2) is 95.1 Å². The first-order valence-corrected chi connectivity index (χ1v) is 11.2. The van der Waals surface area contributed by atoms with Crippen molar-refractivity contribution in [2.75, 3.05) is 46.3 Å².